The first-order valence-corrected chi connectivity index (χ1v) is 6.46. The number of methoxy groups -OCH3 is 1. The van der Waals surface area contributed by atoms with E-state index in [0.717, 1.165) is 18.6 Å². The molecule has 2 rings (SSSR count). The predicted molar refractivity (Wildman–Crippen MR) is 73.4 cm³/mol. The summed E-state index contributed by atoms with van der Waals surface area (Å²) in [6, 6.07) is 1.85. The first kappa shape index (κ1) is 15.2. The zero-order chi connectivity index (χ0) is 15.6. The lowest BCUT2D eigenvalue weighted by atomic mass is 10.1. The molecule has 0 saturated carbocycles. The van der Waals surface area contributed by atoms with Gasteiger partial charge >= 0.3 is 0 Å². The number of amides is 1. The number of rotatable bonds is 4. The van der Waals surface area contributed by atoms with Gasteiger partial charge in [0.25, 0.3) is 11.6 Å². The van der Waals surface area contributed by atoms with Gasteiger partial charge in [-0.2, -0.15) is 0 Å². The zero-order valence-electron chi connectivity index (χ0n) is 11.5. The van der Waals surface area contributed by atoms with Gasteiger partial charge in [0, 0.05) is 32.2 Å². The summed E-state index contributed by atoms with van der Waals surface area (Å²) in [5, 5.41) is 10.8. The number of nitrogens with zero attached hydrogens (tertiary/aromatic N) is 2. The molecule has 2 N–H and O–H groups in total. The first-order valence-electron chi connectivity index (χ1n) is 6.46. The monoisotopic (exact) mass is 297 g/mol. The van der Waals surface area contributed by atoms with Crippen LogP contribution in [0, 0.1) is 21.8 Å². The van der Waals surface area contributed by atoms with E-state index in [4.69, 9.17) is 10.5 Å². The van der Waals surface area contributed by atoms with Gasteiger partial charge in [0.2, 0.25) is 0 Å². The standard InChI is InChI=1S/C13H16FN3O4/c1-21-7-8-4-5-16(6-8)13(18)11-9(14)2-3-10(12(11)15)17(19)20/h2-3,8H,4-7,15H2,1H3. The Morgan fingerprint density at radius 3 is 2.95 bits per heavy atom. The smallest absolute Gasteiger partial charge is 0.293 e. The Morgan fingerprint density at radius 1 is 1.62 bits per heavy atom. The minimum Gasteiger partial charge on any atom is -0.392 e. The Labute approximate surface area is 120 Å². The highest BCUT2D eigenvalue weighted by Gasteiger charge is 2.31. The number of nitrogens with two attached hydrogens (primary N) is 1. The fourth-order valence-electron chi connectivity index (χ4n) is 2.51. The minimum atomic E-state index is -0.849. The third kappa shape index (κ3) is 2.94. The number of nitrogen functional groups attached to an aromatic ring is 1. The van der Waals surface area contributed by atoms with Crippen LogP contribution < -0.4 is 5.73 Å². The van der Waals surface area contributed by atoms with Crippen molar-refractivity contribution in [3.63, 3.8) is 0 Å². The number of ether oxygens (including phenoxy) is 1. The molecule has 114 valence electrons. The van der Waals surface area contributed by atoms with Gasteiger partial charge in [-0.1, -0.05) is 0 Å². The molecule has 1 amide bonds. The second-order valence-electron chi connectivity index (χ2n) is 4.97. The SMILES string of the molecule is COCC1CCN(C(=O)c2c(F)ccc([N+](=O)[O-])c2N)C1. The zero-order valence-corrected chi connectivity index (χ0v) is 11.5. The lowest BCUT2D eigenvalue weighted by molar-refractivity contribution is -0.384. The Hall–Kier alpha value is -2.22. The second-order valence-corrected chi connectivity index (χ2v) is 4.97. The molecule has 1 unspecified atom stereocenters. The fraction of sp³-hybridized carbons (Fsp3) is 0.462. The van der Waals surface area contributed by atoms with Crippen LogP contribution in [0.4, 0.5) is 15.8 Å². The molecule has 1 aromatic rings. The summed E-state index contributed by atoms with van der Waals surface area (Å²) in [6.07, 6.45) is 0.746. The number of halogens is 1. The van der Waals surface area contributed by atoms with E-state index in [1.807, 2.05) is 0 Å². The molecule has 1 aromatic carbocycles. The lowest BCUT2D eigenvalue weighted by Crippen LogP contribution is -2.30. The van der Waals surface area contributed by atoms with E-state index in [1.165, 1.54) is 4.90 Å². The Morgan fingerprint density at radius 2 is 2.33 bits per heavy atom. The van der Waals surface area contributed by atoms with Crippen LogP contribution in [0.15, 0.2) is 12.1 Å². The fourth-order valence-corrected chi connectivity index (χ4v) is 2.51. The average molecular weight is 297 g/mol. The van der Waals surface area contributed by atoms with Crippen LogP contribution in [0.1, 0.15) is 16.8 Å². The van der Waals surface area contributed by atoms with Crippen LogP contribution in [0.5, 0.6) is 0 Å². The number of carbonyl (C=O) groups excluding carboxylic acids is 1. The van der Waals surface area contributed by atoms with Crippen molar-refractivity contribution in [1.29, 1.82) is 0 Å². The van der Waals surface area contributed by atoms with Crippen molar-refractivity contribution in [2.75, 3.05) is 32.5 Å². The van der Waals surface area contributed by atoms with E-state index in [0.29, 0.717) is 19.7 Å². The highest BCUT2D eigenvalue weighted by Crippen LogP contribution is 2.30. The number of likely N-dealkylation sites (tertiary alicyclic amines) is 1. The Bertz CT molecular complexity index is 579. The Kier molecular flexibility index (Phi) is 4.37. The van der Waals surface area contributed by atoms with Crippen molar-refractivity contribution >= 4 is 17.3 Å². The summed E-state index contributed by atoms with van der Waals surface area (Å²) < 4.78 is 18.9. The summed E-state index contributed by atoms with van der Waals surface area (Å²) in [6.45, 7) is 1.39. The molecule has 21 heavy (non-hydrogen) atoms. The molecule has 1 atom stereocenters. The van der Waals surface area contributed by atoms with E-state index in [9.17, 15) is 19.3 Å². The first-order chi connectivity index (χ1) is 9.95. The summed E-state index contributed by atoms with van der Waals surface area (Å²) in [7, 11) is 1.57. The van der Waals surface area contributed by atoms with E-state index in [2.05, 4.69) is 0 Å². The molecule has 1 aliphatic rings. The van der Waals surface area contributed by atoms with E-state index >= 15 is 0 Å². The van der Waals surface area contributed by atoms with Crippen LogP contribution >= 0.6 is 0 Å². The van der Waals surface area contributed by atoms with Crippen molar-refractivity contribution in [3.8, 4) is 0 Å². The Balaban J connectivity index is 2.28. The van der Waals surface area contributed by atoms with Gasteiger partial charge in [-0.25, -0.2) is 4.39 Å². The van der Waals surface area contributed by atoms with Gasteiger partial charge in [0.05, 0.1) is 11.5 Å². The van der Waals surface area contributed by atoms with E-state index in [1.54, 1.807) is 7.11 Å². The molecule has 0 aromatic heterocycles. The third-order valence-corrected chi connectivity index (χ3v) is 3.56. The summed E-state index contributed by atoms with van der Waals surface area (Å²) in [4.78, 5) is 23.9. The number of carbonyl (C=O) groups is 1. The molecule has 1 heterocycles. The maximum atomic E-state index is 13.9. The molecular formula is C13H16FN3O4. The normalized spacial score (nSPS) is 18.0. The molecule has 0 radical (unpaired) electrons. The maximum absolute atomic E-state index is 13.9. The molecule has 0 spiro atoms. The molecule has 0 bridgehead atoms. The molecule has 1 fully saturated rings. The predicted octanol–water partition coefficient (Wildman–Crippen LogP) is 1.42. The molecule has 7 nitrogen and oxygen atoms in total. The number of nitro benzene ring substituents is 1. The van der Waals surface area contributed by atoms with Crippen molar-refractivity contribution in [3.05, 3.63) is 33.6 Å². The lowest BCUT2D eigenvalue weighted by Gasteiger charge is -2.18. The quantitative estimate of drug-likeness (QED) is 0.515. The molecule has 1 saturated heterocycles. The van der Waals surface area contributed by atoms with Crippen LogP contribution in [0.3, 0.4) is 0 Å². The van der Waals surface area contributed by atoms with Crippen LogP contribution in [0.25, 0.3) is 0 Å². The van der Waals surface area contributed by atoms with Gasteiger partial charge in [0.15, 0.2) is 0 Å². The number of benzene rings is 1. The molecule has 1 aliphatic heterocycles. The number of anilines is 1. The van der Waals surface area contributed by atoms with Gasteiger partial charge in [-0.3, -0.25) is 14.9 Å². The largest absolute Gasteiger partial charge is 0.392 e. The summed E-state index contributed by atoms with van der Waals surface area (Å²) >= 11 is 0. The highest BCUT2D eigenvalue weighted by atomic mass is 19.1. The van der Waals surface area contributed by atoms with Crippen LogP contribution in [-0.2, 0) is 4.74 Å². The van der Waals surface area contributed by atoms with Crippen molar-refractivity contribution < 1.29 is 18.8 Å². The van der Waals surface area contributed by atoms with Gasteiger partial charge in [-0.05, 0) is 12.5 Å². The van der Waals surface area contributed by atoms with Crippen molar-refractivity contribution in [1.82, 2.24) is 4.90 Å². The molecule has 0 aliphatic carbocycles. The number of hydrogen-bond donors (Lipinski definition) is 1. The van der Waals surface area contributed by atoms with Crippen LogP contribution in [0.2, 0.25) is 0 Å². The van der Waals surface area contributed by atoms with Crippen molar-refractivity contribution in [2.45, 2.75) is 6.42 Å². The molecule has 8 heteroatoms. The van der Waals surface area contributed by atoms with Gasteiger partial charge < -0.3 is 15.4 Å². The number of nitro groups is 1. The third-order valence-electron chi connectivity index (χ3n) is 3.56. The van der Waals surface area contributed by atoms with Crippen LogP contribution in [-0.4, -0.2) is 42.5 Å². The van der Waals surface area contributed by atoms with E-state index < -0.39 is 33.6 Å². The number of hydrogen-bond acceptors (Lipinski definition) is 5. The topological polar surface area (TPSA) is 98.7 Å². The average Bonchev–Trinajstić information content (AvgIpc) is 2.87. The summed E-state index contributed by atoms with van der Waals surface area (Å²) in [5.41, 5.74) is 4.27. The maximum Gasteiger partial charge on any atom is 0.293 e. The second kappa shape index (κ2) is 6.04. The van der Waals surface area contributed by atoms with Crippen molar-refractivity contribution in [2.24, 2.45) is 5.92 Å². The highest BCUT2D eigenvalue weighted by molar-refractivity contribution is 6.01. The molecular weight excluding hydrogens is 281 g/mol. The minimum absolute atomic E-state index is 0.182. The summed E-state index contributed by atoms with van der Waals surface area (Å²) in [5.74, 6) is -1.28. The van der Waals surface area contributed by atoms with Gasteiger partial charge in [0.1, 0.15) is 17.1 Å². The van der Waals surface area contributed by atoms with E-state index in [-0.39, 0.29) is 5.92 Å². The van der Waals surface area contributed by atoms with Gasteiger partial charge in [-0.15, -0.1) is 0 Å².